The zero-order valence-corrected chi connectivity index (χ0v) is 26.4. The van der Waals surface area contributed by atoms with Crippen molar-refractivity contribution in [3.05, 3.63) is 70.9 Å². The summed E-state index contributed by atoms with van der Waals surface area (Å²) in [6, 6.07) is 14.4. The van der Waals surface area contributed by atoms with Gasteiger partial charge >= 0.3 is 0 Å². The normalized spacial score (nSPS) is 19.1. The Morgan fingerprint density at radius 3 is 1.78 bits per heavy atom. The fourth-order valence-electron chi connectivity index (χ4n) is 6.51. The Bertz CT molecular complexity index is 1630. The molecule has 10 heteroatoms. The molecule has 0 spiro atoms. The molecule has 2 atom stereocenters. The van der Waals surface area contributed by atoms with Crippen LogP contribution in [-0.2, 0) is 9.59 Å². The third-order valence-corrected chi connectivity index (χ3v) is 8.81. The van der Waals surface area contributed by atoms with E-state index in [0.29, 0.717) is 57.7 Å². The standard InChI is InChI=1S/C35H38N2O8/c1-40-27-15-21(16-28(41-2)33(27)44-5)20-13-24-31(26(38)14-20)32(22-17-29(42-3)34(45-6)30(18-22)43-4)37(35(39)19-11-12-19)25-10-8-7-9-23(25)36-24/h7-10,15-20,32,36H,11-14H2,1-6H3/t20-,32+/m0/s1. The second kappa shape index (κ2) is 12.3. The van der Waals surface area contributed by atoms with Gasteiger partial charge in [-0.2, -0.15) is 0 Å². The summed E-state index contributed by atoms with van der Waals surface area (Å²) < 4.78 is 33.8. The second-order valence-electron chi connectivity index (χ2n) is 11.4. The molecule has 1 fully saturated rings. The van der Waals surface area contributed by atoms with Crippen LogP contribution in [0.3, 0.4) is 0 Å². The van der Waals surface area contributed by atoms with E-state index < -0.39 is 6.04 Å². The van der Waals surface area contributed by atoms with Gasteiger partial charge in [0.05, 0.1) is 60.1 Å². The molecule has 10 nitrogen and oxygen atoms in total. The molecule has 1 N–H and O–H groups in total. The lowest BCUT2D eigenvalue weighted by Crippen LogP contribution is -2.39. The number of ketones is 1. The van der Waals surface area contributed by atoms with Crippen molar-refractivity contribution in [1.82, 2.24) is 0 Å². The SMILES string of the molecule is COc1cc([C@@H]2CC(=O)C3=C(C2)Nc2ccccc2N(C(=O)C2CC2)[C@@H]3c2cc(OC)c(OC)c(OC)c2)cc(OC)c1OC. The summed E-state index contributed by atoms with van der Waals surface area (Å²) in [6.45, 7) is 0. The predicted octanol–water partition coefficient (Wildman–Crippen LogP) is 6.05. The molecule has 1 saturated carbocycles. The number of allylic oxidation sites excluding steroid dienone is 1. The Balaban J connectivity index is 1.56. The van der Waals surface area contributed by atoms with Gasteiger partial charge in [0, 0.05) is 23.6 Å². The molecule has 45 heavy (non-hydrogen) atoms. The number of hydrogen-bond donors (Lipinski definition) is 1. The number of hydrogen-bond acceptors (Lipinski definition) is 9. The van der Waals surface area contributed by atoms with Crippen molar-refractivity contribution in [2.75, 3.05) is 52.9 Å². The highest BCUT2D eigenvalue weighted by molar-refractivity contribution is 6.07. The minimum Gasteiger partial charge on any atom is -0.493 e. The maximum Gasteiger partial charge on any atom is 0.231 e. The molecule has 1 aliphatic heterocycles. The van der Waals surface area contributed by atoms with Gasteiger partial charge in [0.2, 0.25) is 17.4 Å². The van der Waals surface area contributed by atoms with Crippen LogP contribution in [0.5, 0.6) is 34.5 Å². The fraction of sp³-hybridized carbons (Fsp3) is 0.371. The van der Waals surface area contributed by atoms with E-state index in [1.165, 1.54) is 0 Å². The number of carbonyl (C=O) groups is 2. The summed E-state index contributed by atoms with van der Waals surface area (Å²) in [5.41, 5.74) is 4.33. The maximum atomic E-state index is 14.5. The topological polar surface area (TPSA) is 105 Å². The zero-order chi connectivity index (χ0) is 31.8. The molecule has 1 amide bonds. The van der Waals surface area contributed by atoms with E-state index in [9.17, 15) is 9.59 Å². The highest BCUT2D eigenvalue weighted by Crippen LogP contribution is 2.52. The van der Waals surface area contributed by atoms with Crippen LogP contribution in [0, 0.1) is 5.92 Å². The summed E-state index contributed by atoms with van der Waals surface area (Å²) in [6.07, 6.45) is 2.37. The molecule has 236 valence electrons. The lowest BCUT2D eigenvalue weighted by molar-refractivity contribution is -0.120. The quantitative estimate of drug-likeness (QED) is 0.309. The number of ether oxygens (including phenoxy) is 6. The van der Waals surface area contributed by atoms with Gasteiger partial charge in [0.15, 0.2) is 28.8 Å². The van der Waals surface area contributed by atoms with Crippen molar-refractivity contribution in [2.24, 2.45) is 5.92 Å². The van der Waals surface area contributed by atoms with E-state index >= 15 is 0 Å². The van der Waals surface area contributed by atoms with Crippen molar-refractivity contribution in [2.45, 2.75) is 37.6 Å². The number of nitrogens with one attached hydrogen (secondary N) is 1. The van der Waals surface area contributed by atoms with Crippen molar-refractivity contribution < 1.29 is 38.0 Å². The molecule has 0 saturated heterocycles. The zero-order valence-electron chi connectivity index (χ0n) is 26.4. The van der Waals surface area contributed by atoms with Crippen LogP contribution in [-0.4, -0.2) is 54.3 Å². The van der Waals surface area contributed by atoms with Gasteiger partial charge in [-0.3, -0.25) is 14.5 Å². The summed E-state index contributed by atoms with van der Waals surface area (Å²) in [5.74, 6) is 2.48. The number of methoxy groups -OCH3 is 6. The number of carbonyl (C=O) groups excluding carboxylic acids is 2. The number of amides is 1. The number of Topliss-reactive ketones (excluding diaryl/α,β-unsaturated/α-hetero) is 1. The molecule has 3 aromatic carbocycles. The van der Waals surface area contributed by atoms with E-state index in [4.69, 9.17) is 28.4 Å². The molecule has 6 rings (SSSR count). The second-order valence-corrected chi connectivity index (χ2v) is 11.4. The van der Waals surface area contributed by atoms with Gasteiger partial charge in [-0.05, 0) is 72.7 Å². The first-order chi connectivity index (χ1) is 21.9. The Kier molecular flexibility index (Phi) is 8.22. The first-order valence-electron chi connectivity index (χ1n) is 14.9. The fourth-order valence-corrected chi connectivity index (χ4v) is 6.51. The molecular formula is C35H38N2O8. The van der Waals surface area contributed by atoms with E-state index in [1.54, 1.807) is 47.6 Å². The molecule has 3 aromatic rings. The van der Waals surface area contributed by atoms with Gasteiger partial charge in [0.25, 0.3) is 0 Å². The third kappa shape index (κ3) is 5.28. The van der Waals surface area contributed by atoms with Crippen LogP contribution in [0.2, 0.25) is 0 Å². The highest BCUT2D eigenvalue weighted by Gasteiger charge is 2.45. The molecule has 0 aromatic heterocycles. The van der Waals surface area contributed by atoms with E-state index in [-0.39, 0.29) is 29.9 Å². The Labute approximate surface area is 262 Å². The number of rotatable bonds is 9. The Morgan fingerprint density at radius 2 is 1.27 bits per heavy atom. The number of nitrogens with zero attached hydrogens (tertiary/aromatic N) is 1. The van der Waals surface area contributed by atoms with E-state index in [2.05, 4.69) is 5.32 Å². The largest absolute Gasteiger partial charge is 0.493 e. The predicted molar refractivity (Wildman–Crippen MR) is 169 cm³/mol. The van der Waals surface area contributed by atoms with Gasteiger partial charge in [0.1, 0.15) is 0 Å². The third-order valence-electron chi connectivity index (χ3n) is 8.81. The average molecular weight is 615 g/mol. The smallest absolute Gasteiger partial charge is 0.231 e. The summed E-state index contributed by atoms with van der Waals surface area (Å²) in [5, 5.41) is 3.59. The first-order valence-corrected chi connectivity index (χ1v) is 14.9. The van der Waals surface area contributed by atoms with E-state index in [0.717, 1.165) is 29.8 Å². The van der Waals surface area contributed by atoms with Crippen LogP contribution in [0.4, 0.5) is 11.4 Å². The van der Waals surface area contributed by atoms with Gasteiger partial charge in [-0.15, -0.1) is 0 Å². The monoisotopic (exact) mass is 614 g/mol. The van der Waals surface area contributed by atoms with Gasteiger partial charge in [-0.1, -0.05) is 12.1 Å². The van der Waals surface area contributed by atoms with Crippen LogP contribution >= 0.6 is 0 Å². The van der Waals surface area contributed by atoms with Crippen LogP contribution in [0.25, 0.3) is 0 Å². The number of para-hydroxylation sites is 2. The van der Waals surface area contributed by atoms with Gasteiger partial charge < -0.3 is 33.7 Å². The highest BCUT2D eigenvalue weighted by atomic mass is 16.5. The molecule has 1 heterocycles. The molecule has 0 bridgehead atoms. The van der Waals surface area contributed by atoms with Crippen molar-refractivity contribution in [3.63, 3.8) is 0 Å². The molecular weight excluding hydrogens is 576 g/mol. The van der Waals surface area contributed by atoms with Crippen molar-refractivity contribution in [1.29, 1.82) is 0 Å². The lowest BCUT2D eigenvalue weighted by atomic mass is 9.78. The summed E-state index contributed by atoms with van der Waals surface area (Å²) in [7, 11) is 9.36. The van der Waals surface area contributed by atoms with Crippen molar-refractivity contribution >= 4 is 23.1 Å². The molecule has 0 radical (unpaired) electrons. The number of fused-ring (bicyclic) bond motifs is 1. The minimum atomic E-state index is -0.730. The number of benzene rings is 3. The van der Waals surface area contributed by atoms with E-state index in [1.807, 2.05) is 48.5 Å². The van der Waals surface area contributed by atoms with Crippen LogP contribution < -0.4 is 38.6 Å². The number of anilines is 2. The minimum absolute atomic E-state index is 0.0173. The Morgan fingerprint density at radius 1 is 0.733 bits per heavy atom. The summed E-state index contributed by atoms with van der Waals surface area (Å²) in [4.78, 5) is 30.5. The Hall–Kier alpha value is -4.86. The average Bonchev–Trinajstić information content (AvgIpc) is 3.93. The van der Waals surface area contributed by atoms with Crippen LogP contribution in [0.15, 0.2) is 59.8 Å². The molecule has 0 unspecified atom stereocenters. The lowest BCUT2D eigenvalue weighted by Gasteiger charge is -2.35. The first kappa shape index (κ1) is 30.2. The summed E-state index contributed by atoms with van der Waals surface area (Å²) >= 11 is 0. The molecule has 3 aliphatic rings. The molecule has 2 aliphatic carbocycles. The van der Waals surface area contributed by atoms with Gasteiger partial charge in [-0.25, -0.2) is 0 Å². The maximum absolute atomic E-state index is 14.5. The van der Waals surface area contributed by atoms with Crippen molar-refractivity contribution in [3.8, 4) is 34.5 Å². The van der Waals surface area contributed by atoms with Crippen LogP contribution in [0.1, 0.15) is 48.8 Å².